The van der Waals surface area contributed by atoms with Gasteiger partial charge in [-0.15, -0.1) is 0 Å². The average molecular weight is 454 g/mol. The van der Waals surface area contributed by atoms with Crippen LogP contribution in [0.1, 0.15) is 44.7 Å². The van der Waals surface area contributed by atoms with Crippen LogP contribution in [-0.4, -0.2) is 55.8 Å². The Labute approximate surface area is 191 Å². The number of anilines is 2. The van der Waals surface area contributed by atoms with Crippen molar-refractivity contribution in [3.8, 4) is 0 Å². The number of hydrogen-bond acceptors (Lipinski definition) is 9. The van der Waals surface area contributed by atoms with Crippen molar-refractivity contribution in [2.75, 3.05) is 17.6 Å². The van der Waals surface area contributed by atoms with E-state index < -0.39 is 10.5 Å². The second-order valence-corrected chi connectivity index (χ2v) is 9.45. The van der Waals surface area contributed by atoms with Crippen molar-refractivity contribution in [3.63, 3.8) is 0 Å². The third kappa shape index (κ3) is 4.57. The minimum Gasteiger partial charge on any atom is -0.444 e. The Morgan fingerprint density at radius 2 is 1.97 bits per heavy atom. The molecule has 2 fully saturated rings. The summed E-state index contributed by atoms with van der Waals surface area (Å²) < 4.78 is 5.57. The second-order valence-electron chi connectivity index (χ2n) is 9.45. The number of aromatic nitrogens is 2. The molecule has 1 aromatic heterocycles. The van der Waals surface area contributed by atoms with E-state index >= 15 is 0 Å². The van der Waals surface area contributed by atoms with Crippen LogP contribution in [0.25, 0.3) is 0 Å². The number of nitro benzene ring substituents is 1. The molecule has 174 valence electrons. The number of hydrogen-bond donors (Lipinski definition) is 3. The molecular formula is C22H27N7O4. The van der Waals surface area contributed by atoms with Crippen molar-refractivity contribution in [2.24, 2.45) is 5.92 Å². The first kappa shape index (κ1) is 22.4. The molecule has 2 heterocycles. The Morgan fingerprint density at radius 3 is 2.58 bits per heavy atom. The van der Waals surface area contributed by atoms with Crippen molar-refractivity contribution < 1.29 is 14.5 Å². The highest BCUT2D eigenvalue weighted by Crippen LogP contribution is 2.40. The van der Waals surface area contributed by atoms with Gasteiger partial charge in [0.05, 0.1) is 22.2 Å². The molecule has 1 amide bonds. The van der Waals surface area contributed by atoms with Gasteiger partial charge in [-0.25, -0.2) is 14.8 Å². The highest BCUT2D eigenvalue weighted by atomic mass is 16.6. The number of nitro groups is 1. The Balaban J connectivity index is 1.56. The van der Waals surface area contributed by atoms with Gasteiger partial charge in [0.2, 0.25) is 0 Å². The van der Waals surface area contributed by atoms with Crippen LogP contribution in [0.3, 0.4) is 0 Å². The minimum atomic E-state index is -0.573. The maximum Gasteiger partial charge on any atom is 0.410 e. The summed E-state index contributed by atoms with van der Waals surface area (Å²) in [5, 5.41) is 23.0. The molecule has 33 heavy (non-hydrogen) atoms. The molecule has 1 aliphatic heterocycles. The van der Waals surface area contributed by atoms with E-state index in [1.54, 1.807) is 4.90 Å². The normalized spacial score (nSPS) is 21.7. The predicted octanol–water partition coefficient (Wildman–Crippen LogP) is 3.19. The zero-order chi connectivity index (χ0) is 23.9. The van der Waals surface area contributed by atoms with Crippen LogP contribution in [-0.2, 0) is 4.74 Å². The number of carbonyl (C=O) groups excluding carboxylic acids is 1. The van der Waals surface area contributed by atoms with E-state index in [1.165, 1.54) is 30.6 Å². The number of fused-ring (bicyclic) bond motifs is 2. The van der Waals surface area contributed by atoms with Crippen LogP contribution in [0.2, 0.25) is 0 Å². The lowest BCUT2D eigenvalue weighted by atomic mass is 10.0. The van der Waals surface area contributed by atoms with Gasteiger partial charge in [0.25, 0.3) is 5.69 Å². The van der Waals surface area contributed by atoms with Gasteiger partial charge in [0.15, 0.2) is 0 Å². The van der Waals surface area contributed by atoms with E-state index in [0.717, 1.165) is 12.8 Å². The average Bonchev–Trinajstić information content (AvgIpc) is 3.33. The molecule has 3 atom stereocenters. The van der Waals surface area contributed by atoms with Crippen LogP contribution in [0.15, 0.2) is 30.6 Å². The molecule has 1 saturated carbocycles. The largest absolute Gasteiger partial charge is 0.444 e. The molecule has 3 unspecified atom stereocenters. The molecular weight excluding hydrogens is 426 g/mol. The number of nitrogens with two attached hydrogens (primary N) is 1. The van der Waals surface area contributed by atoms with Crippen molar-refractivity contribution in [1.82, 2.24) is 14.9 Å². The number of benzene rings is 1. The third-order valence-corrected chi connectivity index (χ3v) is 5.93. The van der Waals surface area contributed by atoms with E-state index in [9.17, 15) is 14.9 Å². The van der Waals surface area contributed by atoms with Crippen molar-refractivity contribution >= 4 is 29.1 Å². The maximum absolute atomic E-state index is 12.7. The van der Waals surface area contributed by atoms with Gasteiger partial charge < -0.3 is 20.7 Å². The molecule has 1 aliphatic carbocycles. The van der Waals surface area contributed by atoms with Crippen LogP contribution < -0.4 is 11.1 Å². The summed E-state index contributed by atoms with van der Waals surface area (Å²) >= 11 is 0. The molecule has 1 aromatic carbocycles. The number of amides is 1. The fraction of sp³-hybridized carbons (Fsp3) is 0.455. The summed E-state index contributed by atoms with van der Waals surface area (Å²) in [4.78, 5) is 33.2. The molecule has 1 saturated heterocycles. The van der Waals surface area contributed by atoms with Gasteiger partial charge in [-0.1, -0.05) is 0 Å². The number of non-ortho nitro benzene ring substituents is 1. The fourth-order valence-corrected chi connectivity index (χ4v) is 4.54. The molecule has 2 aromatic rings. The summed E-state index contributed by atoms with van der Waals surface area (Å²) in [5.74, 6) is 0.882. The van der Waals surface area contributed by atoms with Gasteiger partial charge in [-0.2, -0.15) is 0 Å². The molecule has 2 aliphatic rings. The Hall–Kier alpha value is -3.76. The zero-order valence-corrected chi connectivity index (χ0v) is 18.7. The van der Waals surface area contributed by atoms with Gasteiger partial charge in [-0.05, 0) is 51.7 Å². The molecule has 2 bridgehead atoms. The summed E-state index contributed by atoms with van der Waals surface area (Å²) in [6.45, 7) is 6.19. The molecule has 11 heteroatoms. The van der Waals surface area contributed by atoms with Gasteiger partial charge in [0.1, 0.15) is 23.6 Å². The number of piperidine rings is 1. The van der Waals surface area contributed by atoms with E-state index in [0.29, 0.717) is 29.4 Å². The Kier molecular flexibility index (Phi) is 5.64. The Bertz CT molecular complexity index is 1100. The van der Waals surface area contributed by atoms with E-state index in [4.69, 9.17) is 15.9 Å². The molecule has 11 nitrogen and oxygen atoms in total. The van der Waals surface area contributed by atoms with Crippen LogP contribution in [0.4, 0.5) is 22.1 Å². The second kappa shape index (κ2) is 8.30. The standard InChI is InChI=1S/C22H27N7O4/c1-22(2,3)33-21(30)28-10-12-8-15(16(28)9-12)27-20-17(19(24)25-11-26-20)18(23)13-4-6-14(7-5-13)29(31)32/h4-7,11-12,15-16,23H,8-10H2,1-3H3,(H3,24,25,26,27). The van der Waals surface area contributed by atoms with Crippen molar-refractivity contribution in [3.05, 3.63) is 51.8 Å². The van der Waals surface area contributed by atoms with Gasteiger partial charge in [0, 0.05) is 30.3 Å². The van der Waals surface area contributed by atoms with Gasteiger partial charge >= 0.3 is 6.09 Å². The van der Waals surface area contributed by atoms with Crippen LogP contribution in [0.5, 0.6) is 0 Å². The van der Waals surface area contributed by atoms with Crippen LogP contribution in [0, 0.1) is 21.4 Å². The Morgan fingerprint density at radius 1 is 1.27 bits per heavy atom. The number of nitrogens with zero attached hydrogens (tertiary/aromatic N) is 4. The summed E-state index contributed by atoms with van der Waals surface area (Å²) in [6, 6.07) is 5.55. The van der Waals surface area contributed by atoms with E-state index in [-0.39, 0.29) is 35.4 Å². The molecule has 0 spiro atoms. The maximum atomic E-state index is 12.7. The summed E-state index contributed by atoms with van der Waals surface area (Å²) in [7, 11) is 0. The topological polar surface area (TPSA) is 160 Å². The molecule has 0 radical (unpaired) electrons. The number of nitrogen functional groups attached to an aromatic ring is 1. The smallest absolute Gasteiger partial charge is 0.410 e. The quantitative estimate of drug-likeness (QED) is 0.353. The number of likely N-dealkylation sites (tertiary alicyclic amines) is 1. The van der Waals surface area contributed by atoms with Crippen molar-refractivity contribution in [2.45, 2.75) is 51.3 Å². The third-order valence-electron chi connectivity index (χ3n) is 5.93. The van der Waals surface area contributed by atoms with Gasteiger partial charge in [-0.3, -0.25) is 15.5 Å². The lowest BCUT2D eigenvalue weighted by Crippen LogP contribution is -2.49. The molecule has 4 rings (SSSR count). The first-order valence-corrected chi connectivity index (χ1v) is 10.7. The highest BCUT2D eigenvalue weighted by Gasteiger charge is 2.48. The first-order chi connectivity index (χ1) is 15.5. The fourth-order valence-electron chi connectivity index (χ4n) is 4.54. The van der Waals surface area contributed by atoms with Crippen molar-refractivity contribution in [1.29, 1.82) is 5.41 Å². The number of nitrogens with one attached hydrogen (secondary N) is 2. The summed E-state index contributed by atoms with van der Waals surface area (Å²) in [6.07, 6.45) is 2.72. The summed E-state index contributed by atoms with van der Waals surface area (Å²) in [5.41, 5.74) is 6.29. The number of carbonyl (C=O) groups is 1. The van der Waals surface area contributed by atoms with Crippen LogP contribution >= 0.6 is 0 Å². The lowest BCUT2D eigenvalue weighted by Gasteiger charge is -2.35. The lowest BCUT2D eigenvalue weighted by molar-refractivity contribution is -0.384. The SMILES string of the molecule is CC(C)(C)OC(=O)N1CC2CC(Nc3ncnc(N)c3C(=N)c3ccc([N+](=O)[O-])cc3)C1C2. The first-order valence-electron chi connectivity index (χ1n) is 10.7. The van der Waals surface area contributed by atoms with E-state index in [1.807, 2.05) is 20.8 Å². The number of ether oxygens (including phenoxy) is 1. The zero-order valence-electron chi connectivity index (χ0n) is 18.7. The minimum absolute atomic E-state index is 0.0533. The number of rotatable bonds is 5. The monoisotopic (exact) mass is 453 g/mol. The van der Waals surface area contributed by atoms with E-state index in [2.05, 4.69) is 15.3 Å². The molecule has 4 N–H and O–H groups in total. The predicted molar refractivity (Wildman–Crippen MR) is 122 cm³/mol. The highest BCUT2D eigenvalue weighted by molar-refractivity contribution is 6.16.